The van der Waals surface area contributed by atoms with E-state index in [2.05, 4.69) is 10.1 Å². The Bertz CT molecular complexity index is 1160. The van der Waals surface area contributed by atoms with E-state index in [0.29, 0.717) is 6.42 Å². The third kappa shape index (κ3) is 5.11. The molecule has 35 heavy (non-hydrogen) atoms. The Labute approximate surface area is 201 Å². The van der Waals surface area contributed by atoms with E-state index >= 15 is 0 Å². The first-order chi connectivity index (χ1) is 16.5. The van der Waals surface area contributed by atoms with Gasteiger partial charge in [-0.05, 0) is 99.1 Å². The topological polar surface area (TPSA) is 90.9 Å². The Hall–Kier alpha value is -2.79. The van der Waals surface area contributed by atoms with E-state index in [1.807, 2.05) is 0 Å². The number of sulfone groups is 1. The molecule has 11 heteroatoms. The highest BCUT2D eigenvalue weighted by Gasteiger charge is 2.61. The number of alkyl halides is 3. The molecule has 1 N–H and O–H groups in total. The molecule has 1 aliphatic heterocycles. The molecule has 1 saturated heterocycles. The van der Waals surface area contributed by atoms with Crippen molar-refractivity contribution in [2.24, 2.45) is 5.41 Å². The van der Waals surface area contributed by atoms with Crippen LogP contribution >= 0.6 is 0 Å². The number of carbonyl (C=O) groups excluding carboxylic acids is 1. The molecule has 2 fully saturated rings. The van der Waals surface area contributed by atoms with Gasteiger partial charge in [-0.3, -0.25) is 4.79 Å². The Morgan fingerprint density at radius 2 is 1.43 bits per heavy atom. The van der Waals surface area contributed by atoms with Crippen LogP contribution in [0.15, 0.2) is 53.4 Å². The number of halogens is 3. The molecule has 1 heterocycles. The van der Waals surface area contributed by atoms with Crippen molar-refractivity contribution in [2.45, 2.75) is 48.1 Å². The van der Waals surface area contributed by atoms with E-state index in [1.165, 1.54) is 43.5 Å². The maximum Gasteiger partial charge on any atom is 0.573 e. The summed E-state index contributed by atoms with van der Waals surface area (Å²) in [5, 5.41) is 3.28. The summed E-state index contributed by atoms with van der Waals surface area (Å²) in [4.78, 5) is 12.9. The van der Waals surface area contributed by atoms with Crippen molar-refractivity contribution < 1.29 is 40.6 Å². The summed E-state index contributed by atoms with van der Waals surface area (Å²) in [6.07, 6.45) is -2.12. The van der Waals surface area contributed by atoms with Crippen LogP contribution in [-0.4, -0.2) is 45.7 Å². The van der Waals surface area contributed by atoms with Crippen molar-refractivity contribution in [3.05, 3.63) is 48.5 Å². The fourth-order valence-corrected chi connectivity index (χ4v) is 7.21. The first-order valence-corrected chi connectivity index (χ1v) is 12.6. The second-order valence-corrected chi connectivity index (χ2v) is 11.3. The predicted molar refractivity (Wildman–Crippen MR) is 120 cm³/mol. The Kier molecular flexibility index (Phi) is 6.76. The van der Waals surface area contributed by atoms with E-state index in [0.717, 1.165) is 38.1 Å². The zero-order chi connectivity index (χ0) is 25.3. The van der Waals surface area contributed by atoms with Crippen molar-refractivity contribution >= 4 is 15.8 Å². The molecule has 2 aliphatic rings. The summed E-state index contributed by atoms with van der Waals surface area (Å²) in [5.41, 5.74) is -0.211. The molecular weight excluding hydrogens is 487 g/mol. The van der Waals surface area contributed by atoms with Crippen LogP contribution in [0.5, 0.6) is 17.2 Å². The van der Waals surface area contributed by atoms with E-state index in [9.17, 15) is 26.4 Å². The Morgan fingerprint density at radius 3 is 1.97 bits per heavy atom. The number of hydrogen-bond donors (Lipinski definition) is 1. The number of carbonyl (C=O) groups is 1. The molecule has 0 bridgehead atoms. The van der Waals surface area contributed by atoms with Gasteiger partial charge >= 0.3 is 12.3 Å². The maximum absolute atomic E-state index is 13.7. The van der Waals surface area contributed by atoms with Gasteiger partial charge in [0.25, 0.3) is 0 Å². The number of ether oxygens (including phenoxy) is 3. The Morgan fingerprint density at radius 1 is 0.886 bits per heavy atom. The van der Waals surface area contributed by atoms with Crippen LogP contribution in [0.3, 0.4) is 0 Å². The molecule has 190 valence electrons. The van der Waals surface area contributed by atoms with Gasteiger partial charge in [0, 0.05) is 0 Å². The van der Waals surface area contributed by atoms with Crippen molar-refractivity contribution in [3.8, 4) is 17.2 Å². The number of benzene rings is 2. The highest BCUT2D eigenvalue weighted by Crippen LogP contribution is 2.54. The third-order valence-corrected chi connectivity index (χ3v) is 9.32. The molecule has 4 rings (SSSR count). The van der Waals surface area contributed by atoms with Crippen LogP contribution in [0, 0.1) is 5.41 Å². The largest absolute Gasteiger partial charge is 0.573 e. The van der Waals surface area contributed by atoms with Crippen molar-refractivity contribution in [1.82, 2.24) is 5.32 Å². The summed E-state index contributed by atoms with van der Waals surface area (Å²) in [6, 6.07) is 10.4. The van der Waals surface area contributed by atoms with E-state index in [1.54, 1.807) is 0 Å². The monoisotopic (exact) mass is 513 g/mol. The second-order valence-electron chi connectivity index (χ2n) is 9.01. The summed E-state index contributed by atoms with van der Waals surface area (Å²) >= 11 is 0. The highest BCUT2D eigenvalue weighted by atomic mass is 32.2. The van der Waals surface area contributed by atoms with Crippen LogP contribution in [0.1, 0.15) is 32.1 Å². The quantitative estimate of drug-likeness (QED) is 0.564. The average molecular weight is 514 g/mol. The fraction of sp³-hybridized carbons (Fsp3) is 0.458. The highest BCUT2D eigenvalue weighted by molar-refractivity contribution is 7.93. The van der Waals surface area contributed by atoms with Gasteiger partial charge in [-0.25, -0.2) is 8.42 Å². The molecule has 1 atom stereocenters. The Balaban J connectivity index is 1.53. The lowest BCUT2D eigenvalue weighted by Crippen LogP contribution is -2.47. The lowest BCUT2D eigenvalue weighted by Gasteiger charge is -2.35. The zero-order valence-corrected chi connectivity index (χ0v) is 19.9. The summed E-state index contributed by atoms with van der Waals surface area (Å²) < 4.78 is 77.2. The lowest BCUT2D eigenvalue weighted by molar-refractivity contribution is -0.274. The molecule has 1 aliphatic carbocycles. The van der Waals surface area contributed by atoms with Gasteiger partial charge in [0.05, 0.1) is 12.0 Å². The third-order valence-electron chi connectivity index (χ3n) is 6.88. The summed E-state index contributed by atoms with van der Waals surface area (Å²) in [6.45, 7) is 1.57. The number of nitrogens with one attached hydrogen (secondary N) is 1. The average Bonchev–Trinajstić information content (AvgIpc) is 3.20. The number of hydrogen-bond acceptors (Lipinski definition) is 7. The van der Waals surface area contributed by atoms with Crippen LogP contribution in [0.2, 0.25) is 0 Å². The van der Waals surface area contributed by atoms with E-state index in [4.69, 9.17) is 9.47 Å². The fourth-order valence-electron chi connectivity index (χ4n) is 5.09. The van der Waals surface area contributed by atoms with Gasteiger partial charge < -0.3 is 19.5 Å². The normalized spacial score (nSPS) is 22.1. The van der Waals surface area contributed by atoms with Gasteiger partial charge in [0.1, 0.15) is 17.2 Å². The molecule has 2 aromatic carbocycles. The van der Waals surface area contributed by atoms with Gasteiger partial charge in [0.2, 0.25) is 0 Å². The molecule has 0 aromatic heterocycles. The molecule has 7 nitrogen and oxygen atoms in total. The number of rotatable bonds is 6. The van der Waals surface area contributed by atoms with Crippen molar-refractivity contribution in [2.75, 3.05) is 20.2 Å². The minimum atomic E-state index is -4.79. The smallest absolute Gasteiger partial charge is 0.468 e. The molecule has 2 aromatic rings. The maximum atomic E-state index is 13.7. The lowest BCUT2D eigenvalue weighted by atomic mass is 9.77. The van der Waals surface area contributed by atoms with Crippen molar-refractivity contribution in [3.63, 3.8) is 0 Å². The molecule has 1 unspecified atom stereocenters. The SMILES string of the molecule is COC(=O)C1(S(=O)(=O)c2ccc(Oc3ccc(OC(F)(F)F)cc3)cc2)CCC2(CCNCC2)C1. The first kappa shape index (κ1) is 25.3. The minimum absolute atomic E-state index is 0.0184. The van der Waals surface area contributed by atoms with E-state index in [-0.39, 0.29) is 40.4 Å². The number of piperidine rings is 1. The van der Waals surface area contributed by atoms with E-state index < -0.39 is 26.9 Å². The first-order valence-electron chi connectivity index (χ1n) is 11.2. The van der Waals surface area contributed by atoms with Gasteiger partial charge in [-0.1, -0.05) is 0 Å². The number of esters is 1. The molecule has 0 amide bonds. The second kappa shape index (κ2) is 9.34. The molecule has 1 saturated carbocycles. The number of methoxy groups -OCH3 is 1. The summed E-state index contributed by atoms with van der Waals surface area (Å²) in [5.74, 6) is -0.608. The zero-order valence-electron chi connectivity index (χ0n) is 19.1. The summed E-state index contributed by atoms with van der Waals surface area (Å²) in [7, 11) is -2.87. The predicted octanol–water partition coefficient (Wildman–Crippen LogP) is 4.62. The molecular formula is C24H26F3NO6S. The van der Waals surface area contributed by atoms with Gasteiger partial charge in [-0.15, -0.1) is 13.2 Å². The van der Waals surface area contributed by atoms with Gasteiger partial charge in [-0.2, -0.15) is 0 Å². The van der Waals surface area contributed by atoms with Gasteiger partial charge in [0.15, 0.2) is 14.6 Å². The standard InChI is InChI=1S/C24H26F3NO6S/c1-32-21(29)23(11-10-22(16-23)12-14-28-15-13-22)35(30,31)20-8-6-18(7-9-20)33-17-2-4-19(5-3-17)34-24(25,26)27/h2-9,28H,10-16H2,1H3. The van der Waals surface area contributed by atoms with Crippen LogP contribution in [0.4, 0.5) is 13.2 Å². The minimum Gasteiger partial charge on any atom is -0.468 e. The molecule has 0 radical (unpaired) electrons. The van der Waals surface area contributed by atoms with Crippen LogP contribution in [-0.2, 0) is 19.4 Å². The van der Waals surface area contributed by atoms with Crippen LogP contribution in [0.25, 0.3) is 0 Å². The van der Waals surface area contributed by atoms with Crippen LogP contribution < -0.4 is 14.8 Å². The molecule has 1 spiro atoms. The van der Waals surface area contributed by atoms with Crippen molar-refractivity contribution in [1.29, 1.82) is 0 Å².